The fourth-order valence-corrected chi connectivity index (χ4v) is 2.61. The van der Waals surface area contributed by atoms with E-state index in [1.54, 1.807) is 0 Å². The Labute approximate surface area is 144 Å². The molecule has 3 amide bonds. The minimum atomic E-state index is -4.86. The van der Waals surface area contributed by atoms with Crippen molar-refractivity contribution in [3.63, 3.8) is 0 Å². The number of ether oxygens (including phenoxy) is 1. The molecule has 114 valence electrons. The number of hydrogen-bond donors (Lipinski definition) is 2. The summed E-state index contributed by atoms with van der Waals surface area (Å²) in [5.41, 5.74) is 5.66. The Balaban J connectivity index is 0.00000220. The third-order valence-electron chi connectivity index (χ3n) is 3.00. The number of hydroxylamine groups is 2. The van der Waals surface area contributed by atoms with Crippen molar-refractivity contribution < 1.29 is 62.6 Å². The molecule has 2 aliphatic heterocycles. The Kier molecular flexibility index (Phi) is 5.77. The van der Waals surface area contributed by atoms with Gasteiger partial charge in [-0.2, -0.15) is 13.5 Å². The van der Waals surface area contributed by atoms with E-state index in [1.807, 2.05) is 0 Å². The van der Waals surface area contributed by atoms with Crippen molar-refractivity contribution in [3.8, 4) is 0 Å². The largest absolute Gasteiger partial charge is 1.00 e. The van der Waals surface area contributed by atoms with Gasteiger partial charge in [-0.1, -0.05) is 0 Å². The zero-order valence-electron chi connectivity index (χ0n) is 12.4. The normalized spacial score (nSPS) is 24.7. The van der Waals surface area contributed by atoms with Crippen molar-refractivity contribution in [2.45, 2.75) is 12.1 Å². The van der Waals surface area contributed by atoms with Crippen LogP contribution in [0.2, 0.25) is 0 Å². The molecule has 0 aromatic heterocycles. The van der Waals surface area contributed by atoms with Gasteiger partial charge in [-0.3, -0.25) is 9.35 Å². The van der Waals surface area contributed by atoms with E-state index in [4.69, 9.17) is 15.0 Å². The summed E-state index contributed by atoms with van der Waals surface area (Å²) in [5, 5.41) is 0.489. The topological polar surface area (TPSA) is 139 Å². The number of fused-ring (bicyclic) bond motifs is 2. The van der Waals surface area contributed by atoms with E-state index < -0.39 is 34.4 Å². The van der Waals surface area contributed by atoms with Crippen LogP contribution < -0.4 is 35.3 Å². The molecular weight excluding hydrogens is 317 g/mol. The molecule has 1 saturated heterocycles. The molecule has 3 N–H and O–H groups in total. The summed E-state index contributed by atoms with van der Waals surface area (Å²) in [6, 6.07) is -2.67. The molecule has 2 bridgehead atoms. The average Bonchev–Trinajstić information content (AvgIpc) is 2.57. The minimum absolute atomic E-state index is 0. The van der Waals surface area contributed by atoms with Gasteiger partial charge in [0.1, 0.15) is 12.1 Å². The zero-order chi connectivity index (χ0) is 15.1. The van der Waals surface area contributed by atoms with Gasteiger partial charge in [-0.05, 0) is 11.6 Å². The molecule has 0 aliphatic carbocycles. The van der Waals surface area contributed by atoms with Gasteiger partial charge >= 0.3 is 46.0 Å². The number of hydrogen-bond acceptors (Lipinski definition) is 6. The Hall–Kier alpha value is -0.690. The Morgan fingerprint density at radius 2 is 2.24 bits per heavy atom. The Morgan fingerprint density at radius 1 is 1.62 bits per heavy atom. The van der Waals surface area contributed by atoms with Gasteiger partial charge in [0.05, 0.1) is 13.2 Å². The zero-order valence-corrected chi connectivity index (χ0v) is 14.2. The molecule has 0 spiro atoms. The average molecular weight is 331 g/mol. The summed E-state index contributed by atoms with van der Waals surface area (Å²) in [7, 11) is -3.46. The van der Waals surface area contributed by atoms with Crippen LogP contribution in [0.5, 0.6) is 0 Å². The van der Waals surface area contributed by atoms with Crippen LogP contribution in [0.3, 0.4) is 0 Å². The number of primary amides is 1. The second-order valence-corrected chi connectivity index (χ2v) is 5.31. The van der Waals surface area contributed by atoms with Crippen LogP contribution in [0.25, 0.3) is 0 Å². The van der Waals surface area contributed by atoms with Crippen LogP contribution in [-0.4, -0.2) is 67.2 Å². The van der Waals surface area contributed by atoms with Crippen LogP contribution >= 0.6 is 0 Å². The predicted molar refractivity (Wildman–Crippen MR) is 64.4 cm³/mol. The maximum Gasteiger partial charge on any atom is 1.00 e. The van der Waals surface area contributed by atoms with E-state index in [1.165, 1.54) is 13.2 Å². The van der Waals surface area contributed by atoms with Gasteiger partial charge in [0.25, 0.3) is 0 Å². The van der Waals surface area contributed by atoms with Crippen LogP contribution in [0.4, 0.5) is 4.79 Å². The quantitative estimate of drug-likeness (QED) is 0.293. The second kappa shape index (κ2) is 6.60. The molecule has 2 atom stereocenters. The number of methoxy groups -OCH3 is 1. The third-order valence-corrected chi connectivity index (χ3v) is 3.35. The fourth-order valence-electron chi connectivity index (χ4n) is 2.23. The first kappa shape index (κ1) is 18.4. The molecule has 2 rings (SSSR count). The first-order valence-electron chi connectivity index (χ1n) is 5.50. The van der Waals surface area contributed by atoms with Gasteiger partial charge in [-0.15, -0.1) is 4.28 Å². The Morgan fingerprint density at radius 3 is 2.71 bits per heavy atom. The van der Waals surface area contributed by atoms with Crippen LogP contribution in [0.1, 0.15) is 1.43 Å². The molecular formula is C9H14N3NaO7S. The van der Waals surface area contributed by atoms with E-state index in [0.717, 1.165) is 4.90 Å². The van der Waals surface area contributed by atoms with Crippen molar-refractivity contribution in [3.05, 3.63) is 11.6 Å². The molecule has 0 saturated carbocycles. The van der Waals surface area contributed by atoms with E-state index in [9.17, 15) is 18.0 Å². The van der Waals surface area contributed by atoms with Crippen molar-refractivity contribution in [2.75, 3.05) is 20.3 Å². The fraction of sp³-hybridized carbons (Fsp3) is 0.556. The van der Waals surface area contributed by atoms with E-state index in [0.29, 0.717) is 10.6 Å². The first-order chi connectivity index (χ1) is 9.24. The van der Waals surface area contributed by atoms with Crippen molar-refractivity contribution in [1.29, 1.82) is 0 Å². The molecule has 1 fully saturated rings. The van der Waals surface area contributed by atoms with Crippen LogP contribution in [0, 0.1) is 0 Å². The summed E-state index contributed by atoms with van der Waals surface area (Å²) in [6.07, 6.45) is 1.42. The third kappa shape index (κ3) is 3.74. The summed E-state index contributed by atoms with van der Waals surface area (Å²) < 4.78 is 39.4. The van der Waals surface area contributed by atoms with Crippen molar-refractivity contribution in [2.24, 2.45) is 5.73 Å². The molecule has 12 heteroatoms. The molecule has 21 heavy (non-hydrogen) atoms. The van der Waals surface area contributed by atoms with E-state index in [2.05, 4.69) is 4.28 Å². The number of nitrogens with two attached hydrogens (primary N) is 1. The monoisotopic (exact) mass is 331 g/mol. The molecule has 0 radical (unpaired) electrons. The summed E-state index contributed by atoms with van der Waals surface area (Å²) in [4.78, 5) is 24.4. The summed E-state index contributed by atoms with van der Waals surface area (Å²) >= 11 is 0. The second-order valence-electron chi connectivity index (χ2n) is 4.30. The van der Waals surface area contributed by atoms with E-state index in [-0.39, 0.29) is 44.1 Å². The molecule has 2 unspecified atom stereocenters. The van der Waals surface area contributed by atoms with Crippen LogP contribution in [0.15, 0.2) is 11.6 Å². The summed E-state index contributed by atoms with van der Waals surface area (Å²) in [6.45, 7) is 0.0675. The van der Waals surface area contributed by atoms with Gasteiger partial charge < -0.3 is 16.8 Å². The maximum absolute atomic E-state index is 12.0. The predicted octanol–water partition coefficient (Wildman–Crippen LogP) is -4.62. The number of rotatable bonds is 5. The maximum atomic E-state index is 12.0. The first-order valence-corrected chi connectivity index (χ1v) is 6.87. The molecule has 0 aromatic carbocycles. The van der Waals surface area contributed by atoms with Crippen LogP contribution in [-0.2, 0) is 24.2 Å². The van der Waals surface area contributed by atoms with Crippen molar-refractivity contribution >= 4 is 22.3 Å². The summed E-state index contributed by atoms with van der Waals surface area (Å²) in [5.74, 6) is -0.765. The van der Waals surface area contributed by atoms with Gasteiger partial charge in [0.15, 0.2) is 0 Å². The molecule has 2 aliphatic rings. The van der Waals surface area contributed by atoms with Gasteiger partial charge in [-0.25, -0.2) is 4.79 Å². The number of carbonyl (C=O) groups is 2. The standard InChI is InChI=1S/C9H13N3O7S.Na.H/c1-18-4-5-2-6(8(10)13)11-3-7(5)12(9(11)14)19-20(15,16)17;;/h2,6-7H,3-4H2,1H3,(H2,10,13)(H,15,16,17);;/q;+1;-1. The SMILES string of the molecule is COCC1=CC(C(N)=O)N2CC1N(OS(=O)(=O)O)C2=O.[H-].[Na+]. The van der Waals surface area contributed by atoms with Gasteiger partial charge in [0, 0.05) is 7.11 Å². The number of carbonyl (C=O) groups excluding carboxylic acids is 2. The van der Waals surface area contributed by atoms with Crippen molar-refractivity contribution in [1.82, 2.24) is 9.96 Å². The number of urea groups is 1. The number of nitrogens with zero attached hydrogens (tertiary/aromatic N) is 2. The molecule has 2 heterocycles. The number of amides is 3. The Bertz CT molecular complexity index is 584. The molecule has 10 nitrogen and oxygen atoms in total. The van der Waals surface area contributed by atoms with E-state index >= 15 is 0 Å². The minimum Gasteiger partial charge on any atom is -1.00 e. The smallest absolute Gasteiger partial charge is 1.00 e. The van der Waals surface area contributed by atoms with Gasteiger partial charge in [0.2, 0.25) is 5.91 Å². The molecule has 0 aromatic rings.